The van der Waals surface area contributed by atoms with Gasteiger partial charge in [0, 0.05) is 45.8 Å². The second-order valence-corrected chi connectivity index (χ2v) is 8.67. The van der Waals surface area contributed by atoms with Crippen molar-refractivity contribution < 1.29 is 4.79 Å². The summed E-state index contributed by atoms with van der Waals surface area (Å²) in [6, 6.07) is 11.4. The van der Waals surface area contributed by atoms with Crippen LogP contribution in [0, 0.1) is 0 Å². The second-order valence-electron chi connectivity index (χ2n) is 8.67. The van der Waals surface area contributed by atoms with E-state index in [2.05, 4.69) is 64.7 Å². The van der Waals surface area contributed by atoms with E-state index in [0.717, 1.165) is 44.9 Å². The highest BCUT2D eigenvalue weighted by Gasteiger charge is 2.21. The number of aliphatic imine (C=N–C) groups is 1. The molecule has 2 N–H and O–H groups in total. The smallest absolute Gasteiger partial charge is 0.243 e. The first kappa shape index (κ1) is 27.7. The van der Waals surface area contributed by atoms with E-state index in [9.17, 15) is 4.79 Å². The van der Waals surface area contributed by atoms with Gasteiger partial charge in [-0.2, -0.15) is 0 Å². The zero-order valence-corrected chi connectivity index (χ0v) is 22.1. The van der Waals surface area contributed by atoms with Crippen molar-refractivity contribution in [2.75, 3.05) is 33.7 Å². The Labute approximate surface area is 206 Å². The van der Waals surface area contributed by atoms with Gasteiger partial charge in [-0.05, 0) is 31.7 Å². The molecule has 1 unspecified atom stereocenters. The molecular weight excluding hydrogens is 501 g/mol. The number of rotatable bonds is 10. The van der Waals surface area contributed by atoms with E-state index in [1.807, 2.05) is 0 Å². The minimum Gasteiger partial charge on any atom is -0.354 e. The van der Waals surface area contributed by atoms with Gasteiger partial charge in [-0.25, -0.2) is 4.99 Å². The lowest BCUT2D eigenvalue weighted by Gasteiger charge is -2.33. The fraction of sp³-hybridized carbons (Fsp3) is 0.667. The highest BCUT2D eigenvalue weighted by atomic mass is 127. The number of benzene rings is 1. The number of nitrogens with zero attached hydrogens (tertiary/aromatic N) is 3. The Morgan fingerprint density at radius 1 is 1.19 bits per heavy atom. The normalized spacial score (nSPS) is 16.3. The van der Waals surface area contributed by atoms with Crippen LogP contribution in [0.25, 0.3) is 0 Å². The van der Waals surface area contributed by atoms with Gasteiger partial charge >= 0.3 is 0 Å². The first-order chi connectivity index (χ1) is 14.5. The van der Waals surface area contributed by atoms with Crippen LogP contribution in [0.1, 0.15) is 57.9 Å². The van der Waals surface area contributed by atoms with Crippen LogP contribution < -0.4 is 10.6 Å². The van der Waals surface area contributed by atoms with E-state index in [1.54, 1.807) is 19.0 Å². The van der Waals surface area contributed by atoms with Gasteiger partial charge in [-0.1, -0.05) is 56.5 Å². The molecule has 0 spiro atoms. The van der Waals surface area contributed by atoms with Gasteiger partial charge in [-0.3, -0.25) is 9.69 Å². The van der Waals surface area contributed by atoms with E-state index in [1.165, 1.54) is 24.8 Å². The summed E-state index contributed by atoms with van der Waals surface area (Å²) >= 11 is 0. The Kier molecular flexibility index (Phi) is 13.8. The Morgan fingerprint density at radius 2 is 1.87 bits per heavy atom. The van der Waals surface area contributed by atoms with E-state index < -0.39 is 0 Å². The average Bonchev–Trinajstić information content (AvgIpc) is 2.74. The summed E-state index contributed by atoms with van der Waals surface area (Å²) in [5, 5.41) is 7.12. The number of carbonyl (C=O) groups excluding carboxylic acids is 1. The largest absolute Gasteiger partial charge is 0.354 e. The molecule has 0 aromatic heterocycles. The average molecular weight is 544 g/mol. The fourth-order valence-corrected chi connectivity index (χ4v) is 3.70. The van der Waals surface area contributed by atoms with E-state index in [0.29, 0.717) is 12.1 Å². The summed E-state index contributed by atoms with van der Waals surface area (Å²) in [6.07, 6.45) is 6.98. The van der Waals surface area contributed by atoms with E-state index >= 15 is 0 Å². The molecule has 1 aromatic rings. The maximum absolute atomic E-state index is 12.0. The number of amides is 1. The maximum Gasteiger partial charge on any atom is 0.243 e. The third kappa shape index (κ3) is 11.2. The molecule has 1 fully saturated rings. The van der Waals surface area contributed by atoms with Gasteiger partial charge in [0.25, 0.3) is 0 Å². The highest BCUT2D eigenvalue weighted by Crippen LogP contribution is 2.14. The number of carbonyl (C=O) groups is 1. The molecule has 1 aliphatic heterocycles. The molecule has 2 rings (SSSR count). The number of unbranched alkanes of at least 4 members (excludes halogenated alkanes) is 2. The molecule has 7 heteroatoms. The molecule has 1 aliphatic rings. The quantitative estimate of drug-likeness (QED) is 0.204. The number of likely N-dealkylation sites (N-methyl/N-ethyl adjacent to an activating group) is 1. The van der Waals surface area contributed by atoms with Gasteiger partial charge in [0.2, 0.25) is 5.91 Å². The van der Waals surface area contributed by atoms with E-state index in [4.69, 9.17) is 0 Å². The van der Waals surface area contributed by atoms with Crippen LogP contribution in [0.4, 0.5) is 0 Å². The molecule has 6 nitrogen and oxygen atoms in total. The zero-order chi connectivity index (χ0) is 21.8. The summed E-state index contributed by atoms with van der Waals surface area (Å²) < 4.78 is 0. The van der Waals surface area contributed by atoms with Crippen LogP contribution in [0.5, 0.6) is 0 Å². The van der Waals surface area contributed by atoms with Crippen LogP contribution in [0.2, 0.25) is 0 Å². The monoisotopic (exact) mass is 543 g/mol. The number of hydrogen-bond acceptors (Lipinski definition) is 3. The molecule has 1 atom stereocenters. The van der Waals surface area contributed by atoms with Crippen molar-refractivity contribution in [2.45, 2.75) is 71.0 Å². The fourth-order valence-electron chi connectivity index (χ4n) is 3.70. The molecule has 0 radical (unpaired) electrons. The molecule has 176 valence electrons. The van der Waals surface area contributed by atoms with Crippen molar-refractivity contribution in [1.82, 2.24) is 20.4 Å². The van der Waals surface area contributed by atoms with Crippen molar-refractivity contribution >= 4 is 35.8 Å². The predicted octanol–water partition coefficient (Wildman–Crippen LogP) is 3.86. The first-order valence-electron chi connectivity index (χ1n) is 11.5. The van der Waals surface area contributed by atoms with Crippen molar-refractivity contribution in [1.29, 1.82) is 0 Å². The Bertz CT molecular complexity index is 645. The maximum atomic E-state index is 12.0. The number of piperidine rings is 1. The SMILES string of the molecule is CCCCCC(C)NC(=NCC(=O)N(C)C)NC1CCN(Cc2ccccc2)CC1.I. The van der Waals surface area contributed by atoms with Gasteiger partial charge in [0.15, 0.2) is 5.96 Å². The Morgan fingerprint density at radius 3 is 2.48 bits per heavy atom. The zero-order valence-electron chi connectivity index (χ0n) is 19.8. The lowest BCUT2D eigenvalue weighted by atomic mass is 10.0. The van der Waals surface area contributed by atoms with Crippen molar-refractivity contribution in [2.24, 2.45) is 4.99 Å². The minimum absolute atomic E-state index is 0. The minimum atomic E-state index is 0. The summed E-state index contributed by atoms with van der Waals surface area (Å²) in [4.78, 5) is 20.7. The molecule has 31 heavy (non-hydrogen) atoms. The molecule has 1 heterocycles. The van der Waals surface area contributed by atoms with Crippen LogP contribution >= 0.6 is 24.0 Å². The summed E-state index contributed by atoms with van der Waals surface area (Å²) in [5.41, 5.74) is 1.37. The third-order valence-corrected chi connectivity index (χ3v) is 5.67. The summed E-state index contributed by atoms with van der Waals surface area (Å²) in [5.74, 6) is 0.795. The number of nitrogens with one attached hydrogen (secondary N) is 2. The molecule has 0 aliphatic carbocycles. The van der Waals surface area contributed by atoms with Crippen LogP contribution in [-0.2, 0) is 11.3 Å². The van der Waals surface area contributed by atoms with Crippen LogP contribution in [0.3, 0.4) is 0 Å². The molecule has 1 saturated heterocycles. The lowest BCUT2D eigenvalue weighted by molar-refractivity contribution is -0.127. The second kappa shape index (κ2) is 15.5. The molecule has 1 aromatic carbocycles. The summed E-state index contributed by atoms with van der Waals surface area (Å²) in [7, 11) is 3.54. The van der Waals surface area contributed by atoms with Gasteiger partial charge in [-0.15, -0.1) is 24.0 Å². The lowest BCUT2D eigenvalue weighted by Crippen LogP contribution is -2.50. The molecular formula is C24H42IN5O. The van der Waals surface area contributed by atoms with Crippen LogP contribution in [-0.4, -0.2) is 67.5 Å². The number of guanidine groups is 1. The highest BCUT2D eigenvalue weighted by molar-refractivity contribution is 14.0. The Hall–Kier alpha value is -1.35. The van der Waals surface area contributed by atoms with E-state index in [-0.39, 0.29) is 36.4 Å². The first-order valence-corrected chi connectivity index (χ1v) is 11.5. The van der Waals surface area contributed by atoms with Crippen molar-refractivity contribution in [3.05, 3.63) is 35.9 Å². The third-order valence-electron chi connectivity index (χ3n) is 5.67. The predicted molar refractivity (Wildman–Crippen MR) is 141 cm³/mol. The molecule has 1 amide bonds. The number of likely N-dealkylation sites (tertiary alicyclic amines) is 1. The number of halogens is 1. The molecule has 0 bridgehead atoms. The van der Waals surface area contributed by atoms with Crippen LogP contribution in [0.15, 0.2) is 35.3 Å². The topological polar surface area (TPSA) is 60.0 Å². The van der Waals surface area contributed by atoms with Crippen molar-refractivity contribution in [3.63, 3.8) is 0 Å². The van der Waals surface area contributed by atoms with Gasteiger partial charge in [0.05, 0.1) is 0 Å². The van der Waals surface area contributed by atoms with Gasteiger partial charge < -0.3 is 15.5 Å². The summed E-state index contributed by atoms with van der Waals surface area (Å²) in [6.45, 7) is 7.76. The Balaban J connectivity index is 0.00000480. The molecule has 0 saturated carbocycles. The van der Waals surface area contributed by atoms with Crippen molar-refractivity contribution in [3.8, 4) is 0 Å². The standard InChI is InChI=1S/C24H41N5O.HI/c1-5-6-8-11-20(2)26-24(25-18-23(30)28(3)4)27-22-14-16-29(17-15-22)19-21-12-9-7-10-13-21;/h7,9-10,12-13,20,22H,5-6,8,11,14-19H2,1-4H3,(H2,25,26,27);1H. The number of hydrogen-bond donors (Lipinski definition) is 2. The van der Waals surface area contributed by atoms with Gasteiger partial charge in [0.1, 0.15) is 6.54 Å².